The minimum Gasteiger partial charge on any atom is -0.197 e. The summed E-state index contributed by atoms with van der Waals surface area (Å²) in [5, 5.41) is 17.8. The molecule has 0 aliphatic carbocycles. The van der Waals surface area contributed by atoms with Gasteiger partial charge in [-0.1, -0.05) is 23.8 Å². The fraction of sp³-hybridized carbons (Fsp3) is 0.385. The maximum absolute atomic E-state index is 8.92. The Balaban J connectivity index is 3.02. The Hall–Kier alpha value is -1.80. The molecule has 0 unspecified atom stereocenters. The lowest BCUT2D eigenvalue weighted by molar-refractivity contribution is 0.579. The molecule has 15 heavy (non-hydrogen) atoms. The zero-order chi connectivity index (χ0) is 11.5. The molecular weight excluding hydrogens is 184 g/mol. The maximum atomic E-state index is 8.92. The van der Waals surface area contributed by atoms with Gasteiger partial charge >= 0.3 is 0 Å². The number of nitriles is 2. The van der Waals surface area contributed by atoms with Crippen molar-refractivity contribution in [1.82, 2.24) is 0 Å². The van der Waals surface area contributed by atoms with Crippen molar-refractivity contribution in [2.24, 2.45) is 5.41 Å². The number of benzene rings is 1. The summed E-state index contributed by atoms with van der Waals surface area (Å²) in [6.07, 6.45) is 0.492. The van der Waals surface area contributed by atoms with Crippen molar-refractivity contribution < 1.29 is 0 Å². The van der Waals surface area contributed by atoms with Crippen molar-refractivity contribution in [3.05, 3.63) is 34.9 Å². The summed E-state index contributed by atoms with van der Waals surface area (Å²) in [5.41, 5.74) is 2.50. The molecule has 76 valence electrons. The van der Waals surface area contributed by atoms with Crippen molar-refractivity contribution in [2.75, 3.05) is 0 Å². The summed E-state index contributed by atoms with van der Waals surface area (Å²) in [6, 6.07) is 10.2. The molecule has 0 saturated carbocycles. The number of hydrogen-bond donors (Lipinski definition) is 0. The Morgan fingerprint density at radius 2 is 1.80 bits per heavy atom. The van der Waals surface area contributed by atoms with Crippen molar-refractivity contribution in [3.63, 3.8) is 0 Å². The molecule has 1 aromatic rings. The molecule has 0 saturated heterocycles. The van der Waals surface area contributed by atoms with Crippen LogP contribution in [0.2, 0.25) is 0 Å². The molecule has 0 bridgehead atoms. The van der Waals surface area contributed by atoms with Gasteiger partial charge in [0.05, 0.1) is 12.1 Å². The predicted molar refractivity (Wildman–Crippen MR) is 59.0 cm³/mol. The van der Waals surface area contributed by atoms with Crippen LogP contribution in [0, 0.1) is 41.9 Å². The van der Waals surface area contributed by atoms with Gasteiger partial charge in [-0.2, -0.15) is 10.5 Å². The molecule has 0 amide bonds. The van der Waals surface area contributed by atoms with E-state index in [4.69, 9.17) is 10.5 Å². The van der Waals surface area contributed by atoms with Crippen LogP contribution in [-0.2, 0) is 6.42 Å². The molecule has 0 fully saturated rings. The highest BCUT2D eigenvalue weighted by atomic mass is 14.4. The smallest absolute Gasteiger partial charge is 0.145 e. The van der Waals surface area contributed by atoms with Gasteiger partial charge in [-0.3, -0.25) is 0 Å². The molecule has 0 heterocycles. The maximum Gasteiger partial charge on any atom is 0.145 e. The van der Waals surface area contributed by atoms with Gasteiger partial charge < -0.3 is 0 Å². The largest absolute Gasteiger partial charge is 0.197 e. The lowest BCUT2D eigenvalue weighted by Crippen LogP contribution is -2.15. The summed E-state index contributed by atoms with van der Waals surface area (Å²) >= 11 is 0. The zero-order valence-corrected chi connectivity index (χ0v) is 9.33. The third-order valence-corrected chi connectivity index (χ3v) is 2.54. The van der Waals surface area contributed by atoms with Crippen LogP contribution < -0.4 is 0 Å². The third-order valence-electron chi connectivity index (χ3n) is 2.54. The monoisotopic (exact) mass is 198 g/mol. The highest BCUT2D eigenvalue weighted by Crippen LogP contribution is 2.23. The summed E-state index contributed by atoms with van der Waals surface area (Å²) in [5.74, 6) is 0. The van der Waals surface area contributed by atoms with Gasteiger partial charge in [0.1, 0.15) is 5.41 Å². The van der Waals surface area contributed by atoms with Gasteiger partial charge in [0.25, 0.3) is 0 Å². The number of nitrogens with zero attached hydrogens (tertiary/aromatic N) is 2. The van der Waals surface area contributed by atoms with Crippen LogP contribution in [0.5, 0.6) is 0 Å². The standard InChI is InChI=1S/C13H14N2/c1-10-4-5-12(11(2)6-10)7-13(3,8-14)9-15/h4-6H,7H2,1-3H3. The Bertz CT molecular complexity index is 433. The third kappa shape index (κ3) is 2.58. The van der Waals surface area contributed by atoms with Crippen LogP contribution in [0.3, 0.4) is 0 Å². The molecule has 1 rings (SSSR count). The van der Waals surface area contributed by atoms with Gasteiger partial charge in [0.15, 0.2) is 0 Å². The molecule has 0 aliphatic rings. The van der Waals surface area contributed by atoms with E-state index in [0.29, 0.717) is 6.42 Å². The summed E-state index contributed by atoms with van der Waals surface area (Å²) in [6.45, 7) is 5.72. The summed E-state index contributed by atoms with van der Waals surface area (Å²) in [7, 11) is 0. The second-order valence-electron chi connectivity index (χ2n) is 4.16. The average molecular weight is 198 g/mol. The van der Waals surface area contributed by atoms with Crippen molar-refractivity contribution in [3.8, 4) is 12.1 Å². The first-order valence-electron chi connectivity index (χ1n) is 4.89. The van der Waals surface area contributed by atoms with E-state index < -0.39 is 5.41 Å². The Morgan fingerprint density at radius 3 is 2.27 bits per heavy atom. The Labute approximate surface area is 90.8 Å². The average Bonchev–Trinajstić information content (AvgIpc) is 2.22. The Morgan fingerprint density at radius 1 is 1.20 bits per heavy atom. The summed E-state index contributed by atoms with van der Waals surface area (Å²) < 4.78 is 0. The predicted octanol–water partition coefficient (Wildman–Crippen LogP) is 2.90. The molecule has 0 aromatic heterocycles. The number of aryl methyl sites for hydroxylation is 2. The quantitative estimate of drug-likeness (QED) is 0.733. The van der Waals surface area contributed by atoms with Crippen LogP contribution in [0.4, 0.5) is 0 Å². The Kier molecular flexibility index (Phi) is 3.12. The zero-order valence-electron chi connectivity index (χ0n) is 9.33. The lowest BCUT2D eigenvalue weighted by Gasteiger charge is -2.14. The van der Waals surface area contributed by atoms with Gasteiger partial charge in [0, 0.05) is 6.42 Å². The van der Waals surface area contributed by atoms with E-state index >= 15 is 0 Å². The van der Waals surface area contributed by atoms with Gasteiger partial charge in [0.2, 0.25) is 0 Å². The first kappa shape index (κ1) is 11.3. The molecule has 0 aliphatic heterocycles. The molecule has 0 atom stereocenters. The van der Waals surface area contributed by atoms with Crippen LogP contribution in [0.25, 0.3) is 0 Å². The molecule has 0 spiro atoms. The molecule has 1 aromatic carbocycles. The van der Waals surface area contributed by atoms with E-state index in [9.17, 15) is 0 Å². The van der Waals surface area contributed by atoms with E-state index in [0.717, 1.165) is 11.1 Å². The van der Waals surface area contributed by atoms with E-state index in [1.807, 2.05) is 26.0 Å². The summed E-state index contributed by atoms with van der Waals surface area (Å²) in [4.78, 5) is 0. The van der Waals surface area contributed by atoms with E-state index in [-0.39, 0.29) is 0 Å². The van der Waals surface area contributed by atoms with E-state index in [2.05, 4.69) is 18.2 Å². The van der Waals surface area contributed by atoms with Crippen molar-refractivity contribution in [1.29, 1.82) is 10.5 Å². The van der Waals surface area contributed by atoms with Crippen LogP contribution in [0.1, 0.15) is 23.6 Å². The van der Waals surface area contributed by atoms with Crippen LogP contribution >= 0.6 is 0 Å². The van der Waals surface area contributed by atoms with E-state index in [1.54, 1.807) is 6.92 Å². The second-order valence-corrected chi connectivity index (χ2v) is 4.16. The molecule has 2 nitrogen and oxygen atoms in total. The minimum atomic E-state index is -0.917. The van der Waals surface area contributed by atoms with Gasteiger partial charge in [-0.25, -0.2) is 0 Å². The normalized spacial score (nSPS) is 10.5. The highest BCUT2D eigenvalue weighted by Gasteiger charge is 2.24. The molecule has 0 N–H and O–H groups in total. The first-order chi connectivity index (χ1) is 7.00. The van der Waals surface area contributed by atoms with Crippen LogP contribution in [0.15, 0.2) is 18.2 Å². The fourth-order valence-electron chi connectivity index (χ4n) is 1.53. The minimum absolute atomic E-state index is 0.492. The lowest BCUT2D eigenvalue weighted by atomic mass is 9.85. The first-order valence-corrected chi connectivity index (χ1v) is 4.89. The van der Waals surface area contributed by atoms with Gasteiger partial charge in [-0.05, 0) is 31.9 Å². The topological polar surface area (TPSA) is 47.6 Å². The number of hydrogen-bond acceptors (Lipinski definition) is 2. The fourth-order valence-corrected chi connectivity index (χ4v) is 1.53. The SMILES string of the molecule is Cc1ccc(CC(C)(C#N)C#N)c(C)c1. The highest BCUT2D eigenvalue weighted by molar-refractivity contribution is 5.33. The van der Waals surface area contributed by atoms with Crippen molar-refractivity contribution >= 4 is 0 Å². The van der Waals surface area contributed by atoms with Crippen LogP contribution in [-0.4, -0.2) is 0 Å². The second kappa shape index (κ2) is 4.15. The molecule has 2 heteroatoms. The van der Waals surface area contributed by atoms with Gasteiger partial charge in [-0.15, -0.1) is 0 Å². The van der Waals surface area contributed by atoms with Crippen molar-refractivity contribution in [2.45, 2.75) is 27.2 Å². The molecular formula is C13H14N2. The number of rotatable bonds is 2. The van der Waals surface area contributed by atoms with E-state index in [1.165, 1.54) is 5.56 Å². The molecule has 0 radical (unpaired) electrons.